The van der Waals surface area contributed by atoms with Crippen molar-refractivity contribution in [3.05, 3.63) is 71.8 Å². The Morgan fingerprint density at radius 2 is 1.65 bits per heavy atom. The molecule has 1 atom stereocenters. The SMILES string of the molecule is CC1CCN(C(=S)N[C@@H](CC(=O)c2ccccc2)c2ccccc2)CC1. The molecule has 1 N–H and O–H groups in total. The number of benzene rings is 2. The number of nitrogens with zero attached hydrogens (tertiary/aromatic N) is 1. The third kappa shape index (κ3) is 4.92. The summed E-state index contributed by atoms with van der Waals surface area (Å²) in [5.41, 5.74) is 1.83. The third-order valence-electron chi connectivity index (χ3n) is 5.06. The summed E-state index contributed by atoms with van der Waals surface area (Å²) in [4.78, 5) is 15.0. The maximum Gasteiger partial charge on any atom is 0.169 e. The zero-order chi connectivity index (χ0) is 18.4. The first-order valence-electron chi connectivity index (χ1n) is 9.32. The fraction of sp³-hybridized carbons (Fsp3) is 0.364. The van der Waals surface area contributed by atoms with Gasteiger partial charge in [0.15, 0.2) is 10.9 Å². The second kappa shape index (κ2) is 8.95. The van der Waals surface area contributed by atoms with Gasteiger partial charge >= 0.3 is 0 Å². The van der Waals surface area contributed by atoms with Gasteiger partial charge in [0.1, 0.15) is 0 Å². The Morgan fingerprint density at radius 3 is 2.27 bits per heavy atom. The molecule has 0 bridgehead atoms. The van der Waals surface area contributed by atoms with E-state index in [4.69, 9.17) is 12.2 Å². The van der Waals surface area contributed by atoms with Crippen molar-refractivity contribution in [2.45, 2.75) is 32.2 Å². The summed E-state index contributed by atoms with van der Waals surface area (Å²) in [6.45, 7) is 4.27. The highest BCUT2D eigenvalue weighted by Crippen LogP contribution is 2.21. The van der Waals surface area contributed by atoms with Crippen molar-refractivity contribution in [3.8, 4) is 0 Å². The number of carbonyl (C=O) groups is 1. The molecule has 1 fully saturated rings. The van der Waals surface area contributed by atoms with Crippen LogP contribution in [-0.4, -0.2) is 28.9 Å². The van der Waals surface area contributed by atoms with E-state index < -0.39 is 0 Å². The van der Waals surface area contributed by atoms with E-state index in [-0.39, 0.29) is 11.8 Å². The molecule has 0 spiro atoms. The van der Waals surface area contributed by atoms with E-state index in [0.717, 1.165) is 35.2 Å². The van der Waals surface area contributed by atoms with Crippen molar-refractivity contribution in [1.29, 1.82) is 0 Å². The maximum atomic E-state index is 12.7. The van der Waals surface area contributed by atoms with Crippen LogP contribution < -0.4 is 5.32 Å². The van der Waals surface area contributed by atoms with Crippen molar-refractivity contribution < 1.29 is 4.79 Å². The molecule has 0 amide bonds. The highest BCUT2D eigenvalue weighted by Gasteiger charge is 2.22. The van der Waals surface area contributed by atoms with E-state index in [1.54, 1.807) is 0 Å². The molecule has 1 aliphatic heterocycles. The Hall–Kier alpha value is -2.20. The largest absolute Gasteiger partial charge is 0.355 e. The van der Waals surface area contributed by atoms with Crippen LogP contribution in [0.1, 0.15) is 48.1 Å². The van der Waals surface area contributed by atoms with Gasteiger partial charge in [0, 0.05) is 25.1 Å². The summed E-state index contributed by atoms with van der Waals surface area (Å²) in [7, 11) is 0. The lowest BCUT2D eigenvalue weighted by Gasteiger charge is -2.34. The van der Waals surface area contributed by atoms with Crippen LogP contribution in [0.4, 0.5) is 0 Å². The van der Waals surface area contributed by atoms with Crippen LogP contribution in [-0.2, 0) is 0 Å². The van der Waals surface area contributed by atoms with Crippen LogP contribution in [0.3, 0.4) is 0 Å². The van der Waals surface area contributed by atoms with E-state index in [0.29, 0.717) is 6.42 Å². The normalized spacial score (nSPS) is 16.1. The van der Waals surface area contributed by atoms with Gasteiger partial charge in [-0.05, 0) is 36.5 Å². The molecule has 2 aromatic carbocycles. The van der Waals surface area contributed by atoms with Gasteiger partial charge in [0.2, 0.25) is 0 Å². The zero-order valence-corrected chi connectivity index (χ0v) is 16.0. The van der Waals surface area contributed by atoms with E-state index >= 15 is 0 Å². The fourth-order valence-corrected chi connectivity index (χ4v) is 3.64. The minimum absolute atomic E-state index is 0.115. The second-order valence-electron chi connectivity index (χ2n) is 7.08. The summed E-state index contributed by atoms with van der Waals surface area (Å²) in [5.74, 6) is 0.889. The topological polar surface area (TPSA) is 32.3 Å². The summed E-state index contributed by atoms with van der Waals surface area (Å²) >= 11 is 5.66. The summed E-state index contributed by atoms with van der Waals surface area (Å²) in [6.07, 6.45) is 2.72. The first-order chi connectivity index (χ1) is 12.6. The minimum atomic E-state index is -0.115. The molecule has 0 unspecified atom stereocenters. The third-order valence-corrected chi connectivity index (χ3v) is 5.43. The van der Waals surface area contributed by atoms with Gasteiger partial charge in [-0.15, -0.1) is 0 Å². The minimum Gasteiger partial charge on any atom is -0.355 e. The Balaban J connectivity index is 1.72. The van der Waals surface area contributed by atoms with E-state index in [2.05, 4.69) is 29.3 Å². The van der Waals surface area contributed by atoms with Crippen LogP contribution >= 0.6 is 12.2 Å². The van der Waals surface area contributed by atoms with Gasteiger partial charge in [-0.3, -0.25) is 4.79 Å². The van der Waals surface area contributed by atoms with Gasteiger partial charge in [0.05, 0.1) is 6.04 Å². The number of hydrogen-bond acceptors (Lipinski definition) is 2. The zero-order valence-electron chi connectivity index (χ0n) is 15.2. The van der Waals surface area contributed by atoms with Crippen molar-refractivity contribution in [3.63, 3.8) is 0 Å². The van der Waals surface area contributed by atoms with Crippen molar-refractivity contribution >= 4 is 23.1 Å². The maximum absolute atomic E-state index is 12.7. The Bertz CT molecular complexity index is 724. The van der Waals surface area contributed by atoms with Crippen LogP contribution in [0, 0.1) is 5.92 Å². The number of Topliss-reactive ketones (excluding diaryl/α,β-unsaturated/α-hetero) is 1. The summed E-state index contributed by atoms with van der Waals surface area (Å²) in [6, 6.07) is 19.5. The van der Waals surface area contributed by atoms with Crippen LogP contribution in [0.25, 0.3) is 0 Å². The Kier molecular flexibility index (Phi) is 6.40. The molecule has 1 aliphatic rings. The van der Waals surface area contributed by atoms with Gasteiger partial charge in [-0.2, -0.15) is 0 Å². The van der Waals surface area contributed by atoms with E-state index in [1.165, 1.54) is 12.8 Å². The molecule has 136 valence electrons. The average molecular weight is 367 g/mol. The van der Waals surface area contributed by atoms with Crippen LogP contribution in [0.5, 0.6) is 0 Å². The average Bonchev–Trinajstić information content (AvgIpc) is 2.69. The Labute approximate surface area is 161 Å². The van der Waals surface area contributed by atoms with Gasteiger partial charge < -0.3 is 10.2 Å². The van der Waals surface area contributed by atoms with E-state index in [1.807, 2.05) is 48.5 Å². The number of hydrogen-bond donors (Lipinski definition) is 1. The number of rotatable bonds is 5. The number of thiocarbonyl (C=S) groups is 1. The molecule has 4 heteroatoms. The fourth-order valence-electron chi connectivity index (χ4n) is 3.32. The standard InChI is InChI=1S/C22H26N2OS/c1-17-12-14-24(15-13-17)22(26)23-20(18-8-4-2-5-9-18)16-21(25)19-10-6-3-7-11-19/h2-11,17,20H,12-16H2,1H3,(H,23,26)/t20-/m0/s1. The van der Waals surface area contributed by atoms with Gasteiger partial charge in [0.25, 0.3) is 0 Å². The second-order valence-corrected chi connectivity index (χ2v) is 7.46. The van der Waals surface area contributed by atoms with Crippen LogP contribution in [0.2, 0.25) is 0 Å². The number of ketones is 1. The quantitative estimate of drug-likeness (QED) is 0.619. The van der Waals surface area contributed by atoms with Gasteiger partial charge in [-0.25, -0.2) is 0 Å². The summed E-state index contributed by atoms with van der Waals surface area (Å²) in [5, 5.41) is 4.21. The smallest absolute Gasteiger partial charge is 0.169 e. The molecule has 1 saturated heterocycles. The van der Waals surface area contributed by atoms with E-state index in [9.17, 15) is 4.79 Å². The van der Waals surface area contributed by atoms with Gasteiger partial charge in [-0.1, -0.05) is 67.6 Å². The lowest BCUT2D eigenvalue weighted by Crippen LogP contribution is -2.45. The summed E-state index contributed by atoms with van der Waals surface area (Å²) < 4.78 is 0. The number of likely N-dealkylation sites (tertiary alicyclic amines) is 1. The van der Waals surface area contributed by atoms with Crippen molar-refractivity contribution in [2.75, 3.05) is 13.1 Å². The molecule has 0 aromatic heterocycles. The molecule has 0 aliphatic carbocycles. The highest BCUT2D eigenvalue weighted by atomic mass is 32.1. The monoisotopic (exact) mass is 366 g/mol. The molecular formula is C22H26N2OS. The van der Waals surface area contributed by atoms with Crippen molar-refractivity contribution in [1.82, 2.24) is 10.2 Å². The number of carbonyl (C=O) groups excluding carboxylic acids is 1. The highest BCUT2D eigenvalue weighted by molar-refractivity contribution is 7.80. The molecule has 3 rings (SSSR count). The molecule has 2 aromatic rings. The molecule has 1 heterocycles. The predicted molar refractivity (Wildman–Crippen MR) is 110 cm³/mol. The van der Waals surface area contributed by atoms with Crippen molar-refractivity contribution in [2.24, 2.45) is 5.92 Å². The molecule has 3 nitrogen and oxygen atoms in total. The van der Waals surface area contributed by atoms with Crippen LogP contribution in [0.15, 0.2) is 60.7 Å². The lowest BCUT2D eigenvalue weighted by atomic mass is 9.97. The number of nitrogens with one attached hydrogen (secondary N) is 1. The lowest BCUT2D eigenvalue weighted by molar-refractivity contribution is 0.0971. The molecular weight excluding hydrogens is 340 g/mol. The molecule has 26 heavy (non-hydrogen) atoms. The first kappa shape index (κ1) is 18.6. The number of piperidine rings is 1. The molecule has 0 saturated carbocycles. The first-order valence-corrected chi connectivity index (χ1v) is 9.73. The predicted octanol–water partition coefficient (Wildman–Crippen LogP) is 4.61. The Morgan fingerprint density at radius 1 is 1.08 bits per heavy atom. The molecule has 0 radical (unpaired) electrons.